The topological polar surface area (TPSA) is 69.5 Å². The molecule has 0 atom stereocenters. The molecule has 6 nitrogen and oxygen atoms in total. The van der Waals surface area contributed by atoms with Crippen LogP contribution in [0.3, 0.4) is 0 Å². The number of carbonyl (C=O) groups is 1. The van der Waals surface area contributed by atoms with Crippen molar-refractivity contribution in [1.29, 1.82) is 0 Å². The molecule has 0 aliphatic rings. The van der Waals surface area contributed by atoms with E-state index in [4.69, 9.17) is 16.4 Å². The third-order valence-corrected chi connectivity index (χ3v) is 3.82. The quantitative estimate of drug-likeness (QED) is 0.374. The van der Waals surface area contributed by atoms with Crippen molar-refractivity contribution in [1.82, 2.24) is 0 Å². The molecule has 0 saturated heterocycles. The van der Waals surface area contributed by atoms with Crippen molar-refractivity contribution < 1.29 is 28.0 Å². The largest absolute Gasteiger partial charge is 0.464 e. The summed E-state index contributed by atoms with van der Waals surface area (Å²) in [7, 11) is 2.49. The fourth-order valence-electron chi connectivity index (χ4n) is 2.27. The van der Waals surface area contributed by atoms with Crippen LogP contribution in [0.15, 0.2) is 58.8 Å². The molecule has 0 bridgehead atoms. The van der Waals surface area contributed by atoms with Crippen LogP contribution in [-0.2, 0) is 25.8 Å². The molecule has 148 valence electrons. The highest BCUT2D eigenvalue weighted by Gasteiger charge is 2.20. The van der Waals surface area contributed by atoms with Crippen LogP contribution in [-0.4, -0.2) is 38.0 Å². The Kier molecular flexibility index (Phi) is 7.88. The lowest BCUT2D eigenvalue weighted by atomic mass is 10.0. The number of nitrogens with zero attached hydrogens (tertiary/aromatic N) is 2. The standard InChI is InChI=1S/C19H17ClF2N2O4/c1-26-19(25)17(23-27-2)15-6-4-3-5-13(15)11-28-24-16(18(21)22)12-7-9-14(20)10-8-12/h3-10,18H,11H2,1-2H3/b23-17+,24-16-. The van der Waals surface area contributed by atoms with Crippen molar-refractivity contribution in [2.24, 2.45) is 10.3 Å². The second-order valence-corrected chi connectivity index (χ2v) is 5.77. The number of halogens is 3. The van der Waals surface area contributed by atoms with E-state index in [2.05, 4.69) is 19.9 Å². The normalized spacial score (nSPS) is 12.1. The van der Waals surface area contributed by atoms with Crippen molar-refractivity contribution in [3.8, 4) is 0 Å². The first-order chi connectivity index (χ1) is 13.5. The van der Waals surface area contributed by atoms with E-state index in [1.807, 2.05) is 0 Å². The van der Waals surface area contributed by atoms with Crippen LogP contribution in [0.5, 0.6) is 0 Å². The van der Waals surface area contributed by atoms with Gasteiger partial charge in [0, 0.05) is 21.7 Å². The second kappa shape index (κ2) is 10.4. The molecule has 0 spiro atoms. The van der Waals surface area contributed by atoms with E-state index in [9.17, 15) is 13.6 Å². The molecule has 0 aliphatic carbocycles. The second-order valence-electron chi connectivity index (χ2n) is 5.33. The fourth-order valence-corrected chi connectivity index (χ4v) is 2.40. The summed E-state index contributed by atoms with van der Waals surface area (Å²) in [6, 6.07) is 12.4. The van der Waals surface area contributed by atoms with Crippen LogP contribution in [0.2, 0.25) is 5.02 Å². The van der Waals surface area contributed by atoms with Gasteiger partial charge in [0.15, 0.2) is 11.4 Å². The molecule has 28 heavy (non-hydrogen) atoms. The molecular formula is C19H17ClF2N2O4. The molecule has 2 aromatic rings. The highest BCUT2D eigenvalue weighted by molar-refractivity contribution is 6.43. The molecule has 0 saturated carbocycles. The van der Waals surface area contributed by atoms with Gasteiger partial charge in [-0.25, -0.2) is 13.6 Å². The summed E-state index contributed by atoms with van der Waals surface area (Å²) in [4.78, 5) is 21.8. The highest BCUT2D eigenvalue weighted by Crippen LogP contribution is 2.16. The zero-order valence-electron chi connectivity index (χ0n) is 15.1. The van der Waals surface area contributed by atoms with Crippen molar-refractivity contribution in [3.05, 3.63) is 70.2 Å². The SMILES string of the molecule is CO/N=C(/C(=O)OC)c1ccccc1CO/N=C(/c1ccc(Cl)cc1)C(F)F. The van der Waals surface area contributed by atoms with E-state index in [0.29, 0.717) is 16.1 Å². The third kappa shape index (κ3) is 5.50. The van der Waals surface area contributed by atoms with Gasteiger partial charge in [0.05, 0.1) is 7.11 Å². The number of alkyl halides is 2. The number of hydrogen-bond acceptors (Lipinski definition) is 6. The lowest BCUT2D eigenvalue weighted by Gasteiger charge is -2.10. The Balaban J connectivity index is 2.26. The lowest BCUT2D eigenvalue weighted by Crippen LogP contribution is -2.19. The van der Waals surface area contributed by atoms with Crippen LogP contribution in [0.25, 0.3) is 0 Å². The number of ether oxygens (including phenoxy) is 1. The van der Waals surface area contributed by atoms with Crippen molar-refractivity contribution >= 4 is 29.0 Å². The van der Waals surface area contributed by atoms with Gasteiger partial charge in [-0.1, -0.05) is 58.3 Å². The maximum atomic E-state index is 13.3. The van der Waals surface area contributed by atoms with Gasteiger partial charge in [-0.3, -0.25) is 0 Å². The van der Waals surface area contributed by atoms with Crippen molar-refractivity contribution in [2.45, 2.75) is 13.0 Å². The first kappa shape index (κ1) is 21.3. The maximum Gasteiger partial charge on any atom is 0.360 e. The smallest absolute Gasteiger partial charge is 0.360 e. The monoisotopic (exact) mass is 410 g/mol. The minimum atomic E-state index is -2.85. The Morgan fingerprint density at radius 3 is 2.36 bits per heavy atom. The van der Waals surface area contributed by atoms with Gasteiger partial charge in [-0.15, -0.1) is 0 Å². The molecule has 0 N–H and O–H groups in total. The Labute approximate surface area is 165 Å². The summed E-state index contributed by atoms with van der Waals surface area (Å²) >= 11 is 5.77. The summed E-state index contributed by atoms with van der Waals surface area (Å²) in [6.07, 6.45) is -2.85. The molecule has 0 radical (unpaired) electrons. The van der Waals surface area contributed by atoms with Crippen molar-refractivity contribution in [3.63, 3.8) is 0 Å². The zero-order chi connectivity index (χ0) is 20.5. The van der Waals surface area contributed by atoms with Crippen LogP contribution < -0.4 is 0 Å². The molecule has 0 unspecified atom stereocenters. The van der Waals surface area contributed by atoms with Crippen LogP contribution in [0.1, 0.15) is 16.7 Å². The maximum absolute atomic E-state index is 13.3. The summed E-state index contributed by atoms with van der Waals surface area (Å²) in [5.74, 6) is -0.716. The van der Waals surface area contributed by atoms with E-state index in [1.165, 1.54) is 38.5 Å². The average molecular weight is 411 g/mol. The number of esters is 1. The van der Waals surface area contributed by atoms with Crippen molar-refractivity contribution in [2.75, 3.05) is 14.2 Å². The van der Waals surface area contributed by atoms with E-state index < -0.39 is 18.1 Å². The van der Waals surface area contributed by atoms with Gasteiger partial charge < -0.3 is 14.4 Å². The average Bonchev–Trinajstić information content (AvgIpc) is 2.70. The fraction of sp³-hybridized carbons (Fsp3) is 0.211. The molecule has 0 amide bonds. The molecule has 0 heterocycles. The van der Waals surface area contributed by atoms with E-state index in [1.54, 1.807) is 24.3 Å². The number of hydrogen-bond donors (Lipinski definition) is 0. The predicted octanol–water partition coefficient (Wildman–Crippen LogP) is 4.05. The van der Waals surface area contributed by atoms with E-state index in [0.717, 1.165) is 0 Å². The highest BCUT2D eigenvalue weighted by atomic mass is 35.5. The first-order valence-corrected chi connectivity index (χ1v) is 8.37. The minimum absolute atomic E-state index is 0.0834. The number of methoxy groups -OCH3 is 1. The number of benzene rings is 2. The number of carbonyl (C=O) groups excluding carboxylic acids is 1. The Bertz CT molecular complexity index is 870. The molecule has 9 heteroatoms. The lowest BCUT2D eigenvalue weighted by molar-refractivity contribution is -0.132. The molecular weight excluding hydrogens is 394 g/mol. The van der Waals surface area contributed by atoms with Gasteiger partial charge in [0.2, 0.25) is 0 Å². The first-order valence-electron chi connectivity index (χ1n) is 7.99. The van der Waals surface area contributed by atoms with Gasteiger partial charge in [-0.05, 0) is 12.1 Å². The Morgan fingerprint density at radius 1 is 1.07 bits per heavy atom. The zero-order valence-corrected chi connectivity index (χ0v) is 15.8. The van der Waals surface area contributed by atoms with E-state index >= 15 is 0 Å². The van der Waals surface area contributed by atoms with Gasteiger partial charge in [-0.2, -0.15) is 0 Å². The summed E-state index contributed by atoms with van der Waals surface area (Å²) in [6.45, 7) is -0.181. The molecule has 0 aromatic heterocycles. The molecule has 0 aliphatic heterocycles. The predicted molar refractivity (Wildman–Crippen MR) is 101 cm³/mol. The number of oxime groups is 2. The molecule has 2 aromatic carbocycles. The van der Waals surface area contributed by atoms with Crippen LogP contribution in [0, 0.1) is 0 Å². The van der Waals surface area contributed by atoms with Gasteiger partial charge in [0.1, 0.15) is 13.7 Å². The summed E-state index contributed by atoms with van der Waals surface area (Å²) in [5.41, 5.74) is 0.422. The minimum Gasteiger partial charge on any atom is -0.464 e. The summed E-state index contributed by atoms with van der Waals surface area (Å²) in [5, 5.41) is 7.65. The third-order valence-electron chi connectivity index (χ3n) is 3.56. The van der Waals surface area contributed by atoms with E-state index in [-0.39, 0.29) is 17.9 Å². The Morgan fingerprint density at radius 2 is 1.75 bits per heavy atom. The van der Waals surface area contributed by atoms with Crippen LogP contribution in [0.4, 0.5) is 8.78 Å². The Hall–Kier alpha value is -3.00. The van der Waals surface area contributed by atoms with Crippen LogP contribution >= 0.6 is 11.6 Å². The number of rotatable bonds is 8. The summed E-state index contributed by atoms with van der Waals surface area (Å²) < 4.78 is 31.3. The van der Waals surface area contributed by atoms with Gasteiger partial charge >= 0.3 is 5.97 Å². The molecule has 2 rings (SSSR count). The van der Waals surface area contributed by atoms with Gasteiger partial charge in [0.25, 0.3) is 6.43 Å². The molecule has 0 fully saturated rings.